The second-order valence-electron chi connectivity index (χ2n) is 3.02. The predicted octanol–water partition coefficient (Wildman–Crippen LogP) is 3.09. The summed E-state index contributed by atoms with van der Waals surface area (Å²) in [7, 11) is 0. The lowest BCUT2D eigenvalue weighted by atomic mass is 10.1. The predicted molar refractivity (Wildman–Crippen MR) is 60.7 cm³/mol. The van der Waals surface area contributed by atoms with E-state index in [1.54, 1.807) is 6.20 Å². The fraction of sp³-hybridized carbons (Fsp3) is 0.0833. The molecule has 0 fully saturated rings. The minimum Gasteiger partial charge on any atom is -0.264 e. The third-order valence-corrected chi connectivity index (χ3v) is 1.97. The third-order valence-electron chi connectivity index (χ3n) is 1.97. The molecule has 0 aliphatic rings. The summed E-state index contributed by atoms with van der Waals surface area (Å²) in [5.41, 5.74) is 2.59. The zero-order valence-corrected chi connectivity index (χ0v) is 8.58. The van der Waals surface area contributed by atoms with E-state index in [9.17, 15) is 0 Å². The third kappa shape index (κ3) is 2.86. The molecule has 0 unspecified atom stereocenters. The van der Waals surface area contributed by atoms with Gasteiger partial charge in [0, 0.05) is 12.4 Å². The van der Waals surface area contributed by atoms with E-state index in [2.05, 4.69) is 35.3 Å². The lowest BCUT2D eigenvalue weighted by Gasteiger charge is -1.99. The Balaban J connectivity index is 0.000000980. The van der Waals surface area contributed by atoms with Crippen LogP contribution in [0, 0.1) is 0 Å². The maximum Gasteiger partial charge on any atom is 0.0303 e. The first-order valence-corrected chi connectivity index (χ1v) is 4.38. The summed E-state index contributed by atoms with van der Waals surface area (Å²) in [6, 6.07) is 14.5. The summed E-state index contributed by atoms with van der Waals surface area (Å²) < 4.78 is 0. The molecule has 0 spiro atoms. The fourth-order valence-corrected chi connectivity index (χ4v) is 1.33. The summed E-state index contributed by atoms with van der Waals surface area (Å²) in [4.78, 5) is 4.08. The Morgan fingerprint density at radius 1 is 0.857 bits per heavy atom. The van der Waals surface area contributed by atoms with Crippen molar-refractivity contribution in [3.05, 3.63) is 66.0 Å². The van der Waals surface area contributed by atoms with E-state index < -0.39 is 0 Å². The number of aromatic nitrogens is 1. The van der Waals surface area contributed by atoms with Crippen molar-refractivity contribution in [3.8, 4) is 0 Å². The summed E-state index contributed by atoms with van der Waals surface area (Å²) in [5.74, 6) is 0. The van der Waals surface area contributed by atoms with Crippen LogP contribution in [-0.2, 0) is 6.42 Å². The van der Waals surface area contributed by atoms with Gasteiger partial charge < -0.3 is 0 Å². The van der Waals surface area contributed by atoms with Crippen molar-refractivity contribution in [3.63, 3.8) is 0 Å². The van der Waals surface area contributed by atoms with Crippen molar-refractivity contribution in [2.45, 2.75) is 6.42 Å². The van der Waals surface area contributed by atoms with Crippen LogP contribution >= 0.6 is 12.4 Å². The highest BCUT2D eigenvalue weighted by Crippen LogP contribution is 2.06. The molecule has 0 aliphatic carbocycles. The first-order chi connectivity index (χ1) is 6.45. The molecule has 2 aromatic rings. The van der Waals surface area contributed by atoms with Gasteiger partial charge in [0.25, 0.3) is 0 Å². The van der Waals surface area contributed by atoms with E-state index >= 15 is 0 Å². The van der Waals surface area contributed by atoms with Gasteiger partial charge in [0.15, 0.2) is 0 Å². The van der Waals surface area contributed by atoms with E-state index in [4.69, 9.17) is 0 Å². The highest BCUT2D eigenvalue weighted by molar-refractivity contribution is 5.85. The van der Waals surface area contributed by atoms with Crippen LogP contribution in [0.4, 0.5) is 0 Å². The second kappa shape index (κ2) is 5.40. The van der Waals surface area contributed by atoms with Crippen molar-refractivity contribution in [1.82, 2.24) is 4.98 Å². The minimum atomic E-state index is 0. The Morgan fingerprint density at radius 2 is 1.57 bits per heavy atom. The molecule has 2 rings (SSSR count). The molecular formula is C12H12ClN. The average Bonchev–Trinajstić information content (AvgIpc) is 2.21. The molecule has 0 N–H and O–H groups in total. The van der Waals surface area contributed by atoms with Gasteiger partial charge in [-0.3, -0.25) is 4.98 Å². The molecule has 1 nitrogen and oxygen atoms in total. The molecule has 0 aliphatic heterocycles. The first kappa shape index (κ1) is 10.7. The van der Waals surface area contributed by atoms with Crippen LogP contribution in [0.5, 0.6) is 0 Å². The quantitative estimate of drug-likeness (QED) is 0.734. The highest BCUT2D eigenvalue weighted by Gasteiger charge is 1.93. The Morgan fingerprint density at radius 3 is 2.21 bits per heavy atom. The normalized spacial score (nSPS) is 9.14. The van der Waals surface area contributed by atoms with Gasteiger partial charge in [0.1, 0.15) is 0 Å². The molecule has 1 aromatic heterocycles. The highest BCUT2D eigenvalue weighted by atomic mass is 35.5. The lowest BCUT2D eigenvalue weighted by Crippen LogP contribution is -1.87. The van der Waals surface area contributed by atoms with E-state index in [1.165, 1.54) is 11.1 Å². The SMILES string of the molecule is Cl.c1ccc(Cc2cccnc2)cc1. The van der Waals surface area contributed by atoms with Gasteiger partial charge in [0.05, 0.1) is 0 Å². The number of hydrogen-bond acceptors (Lipinski definition) is 1. The minimum absolute atomic E-state index is 0. The Labute approximate surface area is 90.2 Å². The average molecular weight is 206 g/mol. The van der Waals surface area contributed by atoms with Crippen molar-refractivity contribution in [2.24, 2.45) is 0 Å². The molecule has 0 saturated heterocycles. The van der Waals surface area contributed by atoms with E-state index in [-0.39, 0.29) is 12.4 Å². The summed E-state index contributed by atoms with van der Waals surface area (Å²) in [5, 5.41) is 0. The van der Waals surface area contributed by atoms with Crippen molar-refractivity contribution < 1.29 is 0 Å². The molecule has 0 amide bonds. The molecule has 72 valence electrons. The van der Waals surface area contributed by atoms with E-state index in [1.807, 2.05) is 18.3 Å². The molecule has 1 aromatic carbocycles. The van der Waals surface area contributed by atoms with Crippen LogP contribution in [0.3, 0.4) is 0 Å². The molecule has 14 heavy (non-hydrogen) atoms. The van der Waals surface area contributed by atoms with Crippen LogP contribution in [0.2, 0.25) is 0 Å². The van der Waals surface area contributed by atoms with Crippen LogP contribution in [0.15, 0.2) is 54.9 Å². The number of halogens is 1. The summed E-state index contributed by atoms with van der Waals surface area (Å²) in [6.45, 7) is 0. The zero-order valence-electron chi connectivity index (χ0n) is 7.76. The topological polar surface area (TPSA) is 12.9 Å². The van der Waals surface area contributed by atoms with Crippen LogP contribution < -0.4 is 0 Å². The Hall–Kier alpha value is -1.34. The van der Waals surface area contributed by atoms with Gasteiger partial charge in [0.2, 0.25) is 0 Å². The van der Waals surface area contributed by atoms with Gasteiger partial charge in [-0.2, -0.15) is 0 Å². The molecule has 1 heterocycles. The summed E-state index contributed by atoms with van der Waals surface area (Å²) in [6.07, 6.45) is 4.68. The summed E-state index contributed by atoms with van der Waals surface area (Å²) >= 11 is 0. The van der Waals surface area contributed by atoms with Crippen LogP contribution in [-0.4, -0.2) is 4.98 Å². The Kier molecular flexibility index (Phi) is 4.14. The molecule has 0 saturated carbocycles. The van der Waals surface area contributed by atoms with Crippen molar-refractivity contribution in [1.29, 1.82) is 0 Å². The number of benzene rings is 1. The Bertz CT molecular complexity index is 321. The van der Waals surface area contributed by atoms with Gasteiger partial charge in [-0.25, -0.2) is 0 Å². The monoisotopic (exact) mass is 205 g/mol. The number of hydrogen-bond donors (Lipinski definition) is 0. The lowest BCUT2D eigenvalue weighted by molar-refractivity contribution is 1.15. The second-order valence-corrected chi connectivity index (χ2v) is 3.02. The fourth-order valence-electron chi connectivity index (χ4n) is 1.33. The number of pyridine rings is 1. The molecular weight excluding hydrogens is 194 g/mol. The van der Waals surface area contributed by atoms with Gasteiger partial charge in [-0.15, -0.1) is 12.4 Å². The van der Waals surface area contributed by atoms with E-state index in [0.29, 0.717) is 0 Å². The van der Waals surface area contributed by atoms with Crippen molar-refractivity contribution in [2.75, 3.05) is 0 Å². The van der Waals surface area contributed by atoms with Crippen LogP contribution in [0.1, 0.15) is 11.1 Å². The first-order valence-electron chi connectivity index (χ1n) is 4.38. The maximum atomic E-state index is 4.08. The standard InChI is InChI=1S/C12H11N.ClH/c1-2-5-11(6-3-1)9-12-7-4-8-13-10-12;/h1-8,10H,9H2;1H. The van der Waals surface area contributed by atoms with E-state index in [0.717, 1.165) is 6.42 Å². The van der Waals surface area contributed by atoms with Gasteiger partial charge in [-0.05, 0) is 23.6 Å². The zero-order chi connectivity index (χ0) is 8.93. The van der Waals surface area contributed by atoms with Crippen LogP contribution in [0.25, 0.3) is 0 Å². The molecule has 0 radical (unpaired) electrons. The maximum absolute atomic E-state index is 4.08. The number of rotatable bonds is 2. The molecule has 0 atom stereocenters. The molecule has 0 bridgehead atoms. The van der Waals surface area contributed by atoms with Crippen molar-refractivity contribution >= 4 is 12.4 Å². The van der Waals surface area contributed by atoms with Gasteiger partial charge >= 0.3 is 0 Å². The van der Waals surface area contributed by atoms with Gasteiger partial charge in [-0.1, -0.05) is 36.4 Å². The smallest absolute Gasteiger partial charge is 0.0303 e. The number of nitrogens with zero attached hydrogens (tertiary/aromatic N) is 1. The largest absolute Gasteiger partial charge is 0.264 e. The molecule has 2 heteroatoms.